The lowest BCUT2D eigenvalue weighted by Crippen LogP contribution is -2.04. The largest absolute Gasteiger partial charge is 0.366 e. The minimum atomic E-state index is 0.371. The first kappa shape index (κ1) is 14.0. The van der Waals surface area contributed by atoms with E-state index >= 15 is 0 Å². The molecule has 1 N–H and O–H groups in total. The summed E-state index contributed by atoms with van der Waals surface area (Å²) in [5.74, 6) is 1.18. The predicted octanol–water partition coefficient (Wildman–Crippen LogP) is 3.39. The topological polar surface area (TPSA) is 61.6 Å². The SMILES string of the molecule is Cc1ccc(C(C)C)cc1CNc1cc(C#N)ncn1. The van der Waals surface area contributed by atoms with Crippen LogP contribution in [0.2, 0.25) is 0 Å². The standard InChI is InChI=1S/C16H18N4/c1-11(2)13-5-4-12(3)14(6-13)9-18-16-7-15(8-17)19-10-20-16/h4-7,10-11H,9H2,1-3H3,(H,18,19,20). The maximum absolute atomic E-state index is 8.82. The smallest absolute Gasteiger partial charge is 0.145 e. The first-order valence-corrected chi connectivity index (χ1v) is 6.65. The number of anilines is 1. The molecule has 1 heterocycles. The molecule has 0 fully saturated rings. The fourth-order valence-electron chi connectivity index (χ4n) is 1.94. The van der Waals surface area contributed by atoms with Crippen LogP contribution in [0.4, 0.5) is 5.82 Å². The van der Waals surface area contributed by atoms with Crippen LogP contribution in [-0.2, 0) is 6.54 Å². The molecule has 20 heavy (non-hydrogen) atoms. The number of hydrogen-bond donors (Lipinski definition) is 1. The van der Waals surface area contributed by atoms with E-state index in [1.54, 1.807) is 6.07 Å². The Hall–Kier alpha value is -2.41. The number of nitriles is 1. The van der Waals surface area contributed by atoms with Crippen molar-refractivity contribution in [2.45, 2.75) is 33.2 Å². The predicted molar refractivity (Wildman–Crippen MR) is 79.3 cm³/mol. The van der Waals surface area contributed by atoms with Gasteiger partial charge in [0.05, 0.1) is 0 Å². The summed E-state index contributed by atoms with van der Waals surface area (Å²) in [4.78, 5) is 7.97. The number of rotatable bonds is 4. The van der Waals surface area contributed by atoms with Crippen LogP contribution in [0.3, 0.4) is 0 Å². The zero-order chi connectivity index (χ0) is 14.5. The zero-order valence-electron chi connectivity index (χ0n) is 12.0. The molecule has 1 aromatic carbocycles. The molecule has 4 nitrogen and oxygen atoms in total. The minimum Gasteiger partial charge on any atom is -0.366 e. The summed E-state index contributed by atoms with van der Waals surface area (Å²) in [6.45, 7) is 7.16. The van der Waals surface area contributed by atoms with Gasteiger partial charge in [-0.25, -0.2) is 9.97 Å². The number of hydrogen-bond acceptors (Lipinski definition) is 4. The Kier molecular flexibility index (Phi) is 4.31. The maximum atomic E-state index is 8.82. The van der Waals surface area contributed by atoms with Gasteiger partial charge in [0.25, 0.3) is 0 Å². The second-order valence-corrected chi connectivity index (χ2v) is 5.09. The summed E-state index contributed by atoms with van der Waals surface area (Å²) < 4.78 is 0. The normalized spacial score (nSPS) is 10.3. The van der Waals surface area contributed by atoms with Crippen molar-refractivity contribution in [3.63, 3.8) is 0 Å². The Labute approximate surface area is 119 Å². The van der Waals surface area contributed by atoms with E-state index in [4.69, 9.17) is 5.26 Å². The lowest BCUT2D eigenvalue weighted by atomic mass is 9.98. The zero-order valence-corrected chi connectivity index (χ0v) is 12.0. The third-order valence-corrected chi connectivity index (χ3v) is 3.28. The van der Waals surface area contributed by atoms with Crippen molar-refractivity contribution in [1.29, 1.82) is 5.26 Å². The molecule has 0 saturated carbocycles. The van der Waals surface area contributed by atoms with Gasteiger partial charge in [-0.2, -0.15) is 5.26 Å². The van der Waals surface area contributed by atoms with Gasteiger partial charge in [-0.05, 0) is 29.5 Å². The van der Waals surface area contributed by atoms with Crippen LogP contribution in [0.1, 0.15) is 42.1 Å². The van der Waals surface area contributed by atoms with Gasteiger partial charge in [-0.1, -0.05) is 32.0 Å². The second kappa shape index (κ2) is 6.16. The van der Waals surface area contributed by atoms with E-state index < -0.39 is 0 Å². The van der Waals surface area contributed by atoms with Crippen LogP contribution in [0.15, 0.2) is 30.6 Å². The molecule has 0 unspecified atom stereocenters. The van der Waals surface area contributed by atoms with Crippen LogP contribution >= 0.6 is 0 Å². The van der Waals surface area contributed by atoms with Crippen LogP contribution in [0.5, 0.6) is 0 Å². The van der Waals surface area contributed by atoms with Crippen molar-refractivity contribution in [3.8, 4) is 6.07 Å². The highest BCUT2D eigenvalue weighted by molar-refractivity contribution is 5.41. The van der Waals surface area contributed by atoms with Crippen LogP contribution in [0, 0.1) is 18.3 Å². The average molecular weight is 266 g/mol. The van der Waals surface area contributed by atoms with Crippen molar-refractivity contribution < 1.29 is 0 Å². The highest BCUT2D eigenvalue weighted by atomic mass is 15.0. The van der Waals surface area contributed by atoms with Gasteiger partial charge in [-0.15, -0.1) is 0 Å². The first-order valence-electron chi connectivity index (χ1n) is 6.65. The molecule has 0 amide bonds. The molecular formula is C16H18N4. The molecule has 1 aromatic heterocycles. The molecule has 102 valence electrons. The number of aryl methyl sites for hydroxylation is 1. The van der Waals surface area contributed by atoms with Gasteiger partial charge >= 0.3 is 0 Å². The molecular weight excluding hydrogens is 248 g/mol. The van der Waals surface area contributed by atoms with Gasteiger partial charge in [0.2, 0.25) is 0 Å². The summed E-state index contributed by atoms with van der Waals surface area (Å²) in [6.07, 6.45) is 1.40. The molecule has 0 aliphatic heterocycles. The second-order valence-electron chi connectivity index (χ2n) is 5.09. The van der Waals surface area contributed by atoms with E-state index in [9.17, 15) is 0 Å². The average Bonchev–Trinajstić information content (AvgIpc) is 2.46. The molecule has 0 aliphatic carbocycles. The summed E-state index contributed by atoms with van der Waals surface area (Å²) in [7, 11) is 0. The third kappa shape index (κ3) is 3.33. The minimum absolute atomic E-state index is 0.371. The van der Waals surface area contributed by atoms with E-state index in [2.05, 4.69) is 54.3 Å². The lowest BCUT2D eigenvalue weighted by molar-refractivity contribution is 0.861. The van der Waals surface area contributed by atoms with Crippen molar-refractivity contribution in [3.05, 3.63) is 53.0 Å². The van der Waals surface area contributed by atoms with E-state index in [0.29, 0.717) is 24.0 Å². The summed E-state index contributed by atoms with van der Waals surface area (Å²) in [5, 5.41) is 12.1. The van der Waals surface area contributed by atoms with E-state index in [1.165, 1.54) is 23.0 Å². The van der Waals surface area contributed by atoms with Crippen LogP contribution < -0.4 is 5.32 Å². The Morgan fingerprint density at radius 1 is 1.25 bits per heavy atom. The fourth-order valence-corrected chi connectivity index (χ4v) is 1.94. The lowest BCUT2D eigenvalue weighted by Gasteiger charge is -2.12. The third-order valence-electron chi connectivity index (χ3n) is 3.28. The molecule has 0 aliphatic rings. The van der Waals surface area contributed by atoms with Crippen molar-refractivity contribution in [2.24, 2.45) is 0 Å². The number of nitrogens with zero attached hydrogens (tertiary/aromatic N) is 3. The van der Waals surface area contributed by atoms with Crippen LogP contribution in [0.25, 0.3) is 0 Å². The van der Waals surface area contributed by atoms with Gasteiger partial charge in [0.1, 0.15) is 23.9 Å². The fraction of sp³-hybridized carbons (Fsp3) is 0.312. The Bertz CT molecular complexity index is 641. The molecule has 0 radical (unpaired) electrons. The Balaban J connectivity index is 2.14. The van der Waals surface area contributed by atoms with Gasteiger partial charge < -0.3 is 5.32 Å². The van der Waals surface area contributed by atoms with E-state index in [1.807, 2.05) is 6.07 Å². The van der Waals surface area contributed by atoms with Crippen molar-refractivity contribution in [1.82, 2.24) is 9.97 Å². The van der Waals surface area contributed by atoms with Gasteiger partial charge in [0.15, 0.2) is 0 Å². The molecule has 0 saturated heterocycles. The Morgan fingerprint density at radius 2 is 2.05 bits per heavy atom. The molecule has 0 spiro atoms. The summed E-state index contributed by atoms with van der Waals surface area (Å²) >= 11 is 0. The summed E-state index contributed by atoms with van der Waals surface area (Å²) in [5.41, 5.74) is 4.19. The number of nitrogens with one attached hydrogen (secondary N) is 1. The highest BCUT2D eigenvalue weighted by Crippen LogP contribution is 2.19. The van der Waals surface area contributed by atoms with E-state index in [-0.39, 0.29) is 0 Å². The summed E-state index contributed by atoms with van der Waals surface area (Å²) in [6, 6.07) is 10.2. The Morgan fingerprint density at radius 3 is 2.75 bits per heavy atom. The highest BCUT2D eigenvalue weighted by Gasteiger charge is 2.04. The van der Waals surface area contributed by atoms with Gasteiger partial charge in [-0.3, -0.25) is 0 Å². The molecule has 0 bridgehead atoms. The van der Waals surface area contributed by atoms with Crippen molar-refractivity contribution in [2.75, 3.05) is 5.32 Å². The van der Waals surface area contributed by atoms with Crippen molar-refractivity contribution >= 4 is 5.82 Å². The van der Waals surface area contributed by atoms with E-state index in [0.717, 1.165) is 0 Å². The quantitative estimate of drug-likeness (QED) is 0.921. The van der Waals surface area contributed by atoms with Gasteiger partial charge in [0, 0.05) is 12.6 Å². The number of aromatic nitrogens is 2. The first-order chi connectivity index (χ1) is 9.60. The molecule has 0 atom stereocenters. The van der Waals surface area contributed by atoms with Crippen LogP contribution in [-0.4, -0.2) is 9.97 Å². The molecule has 4 heteroatoms. The number of benzene rings is 1. The monoisotopic (exact) mass is 266 g/mol. The maximum Gasteiger partial charge on any atom is 0.145 e. The molecule has 2 aromatic rings. The molecule has 2 rings (SSSR count).